The van der Waals surface area contributed by atoms with Crippen molar-refractivity contribution in [3.63, 3.8) is 0 Å². The molecule has 1 aliphatic carbocycles. The molecule has 0 N–H and O–H groups in total. The fourth-order valence-electron chi connectivity index (χ4n) is 1.91. The maximum atomic E-state index is 11.6. The van der Waals surface area contributed by atoms with Crippen LogP contribution < -0.4 is 0 Å². The highest BCUT2D eigenvalue weighted by atomic mass is 79.9. The van der Waals surface area contributed by atoms with Crippen LogP contribution in [0.25, 0.3) is 5.57 Å². The van der Waals surface area contributed by atoms with E-state index in [0.29, 0.717) is 12.2 Å². The van der Waals surface area contributed by atoms with Crippen LogP contribution in [0, 0.1) is 0 Å². The van der Waals surface area contributed by atoms with E-state index in [1.807, 2.05) is 0 Å². The predicted octanol–water partition coefficient (Wildman–Crippen LogP) is 3.55. The Morgan fingerprint density at radius 1 is 1.53 bits per heavy atom. The average molecular weight is 296 g/mol. The molecule has 0 aliphatic heterocycles. The standard InChI is InChI=1S/C13H14BrNO2/c1-2-17-13(16)9-6-7-15-12(8-9)10-4-3-5-11(10)14/h6-8H,2-5H2,1H3. The van der Waals surface area contributed by atoms with Gasteiger partial charge >= 0.3 is 5.97 Å². The summed E-state index contributed by atoms with van der Waals surface area (Å²) in [5.74, 6) is -0.286. The van der Waals surface area contributed by atoms with E-state index in [0.717, 1.165) is 25.0 Å². The zero-order chi connectivity index (χ0) is 12.3. The summed E-state index contributed by atoms with van der Waals surface area (Å²) >= 11 is 3.56. The smallest absolute Gasteiger partial charge is 0.338 e. The molecule has 0 bridgehead atoms. The normalized spacial score (nSPS) is 15.2. The second-order valence-electron chi connectivity index (χ2n) is 3.89. The Labute approximate surface area is 109 Å². The van der Waals surface area contributed by atoms with E-state index in [4.69, 9.17) is 4.74 Å². The Balaban J connectivity index is 2.29. The third kappa shape index (κ3) is 2.75. The van der Waals surface area contributed by atoms with E-state index in [9.17, 15) is 4.79 Å². The molecule has 0 amide bonds. The predicted molar refractivity (Wildman–Crippen MR) is 69.9 cm³/mol. The lowest BCUT2D eigenvalue weighted by Gasteiger charge is -2.05. The number of aromatic nitrogens is 1. The molecular formula is C13H14BrNO2. The molecule has 4 heteroatoms. The van der Waals surface area contributed by atoms with Crippen LogP contribution in [0.15, 0.2) is 22.8 Å². The highest BCUT2D eigenvalue weighted by Crippen LogP contribution is 2.36. The Morgan fingerprint density at radius 3 is 3.00 bits per heavy atom. The van der Waals surface area contributed by atoms with Gasteiger partial charge in [0.05, 0.1) is 17.9 Å². The Kier molecular flexibility index (Phi) is 3.94. The first-order valence-corrected chi connectivity index (χ1v) is 6.52. The summed E-state index contributed by atoms with van der Waals surface area (Å²) in [4.78, 5) is 15.9. The van der Waals surface area contributed by atoms with Crippen molar-refractivity contribution in [2.24, 2.45) is 0 Å². The number of esters is 1. The van der Waals surface area contributed by atoms with Gasteiger partial charge in [0.15, 0.2) is 0 Å². The lowest BCUT2D eigenvalue weighted by Crippen LogP contribution is -2.05. The molecule has 2 rings (SSSR count). The van der Waals surface area contributed by atoms with Crippen molar-refractivity contribution in [3.05, 3.63) is 34.1 Å². The Bertz CT molecular complexity index is 468. The molecule has 0 radical (unpaired) electrons. The maximum absolute atomic E-state index is 11.6. The van der Waals surface area contributed by atoms with Gasteiger partial charge in [-0.2, -0.15) is 0 Å². The number of carbonyl (C=O) groups is 1. The SMILES string of the molecule is CCOC(=O)c1ccnc(C2=C(Br)CCC2)c1. The molecule has 90 valence electrons. The van der Waals surface area contributed by atoms with Crippen molar-refractivity contribution in [1.82, 2.24) is 4.98 Å². The Hall–Kier alpha value is -1.16. The van der Waals surface area contributed by atoms with Crippen LogP contribution in [-0.2, 0) is 4.74 Å². The van der Waals surface area contributed by atoms with Gasteiger partial charge in [-0.15, -0.1) is 0 Å². The van der Waals surface area contributed by atoms with Crippen LogP contribution in [0.5, 0.6) is 0 Å². The van der Waals surface area contributed by atoms with Crippen molar-refractivity contribution in [2.45, 2.75) is 26.2 Å². The van der Waals surface area contributed by atoms with Crippen molar-refractivity contribution in [3.8, 4) is 0 Å². The number of halogens is 1. The molecule has 0 unspecified atom stereocenters. The molecule has 1 heterocycles. The van der Waals surface area contributed by atoms with E-state index in [2.05, 4.69) is 20.9 Å². The minimum atomic E-state index is -0.286. The quantitative estimate of drug-likeness (QED) is 0.801. The number of carbonyl (C=O) groups excluding carboxylic acids is 1. The fourth-order valence-corrected chi connectivity index (χ4v) is 2.59. The molecule has 17 heavy (non-hydrogen) atoms. The van der Waals surface area contributed by atoms with Gasteiger partial charge < -0.3 is 4.74 Å². The third-order valence-electron chi connectivity index (χ3n) is 2.73. The van der Waals surface area contributed by atoms with Crippen LogP contribution in [0.2, 0.25) is 0 Å². The van der Waals surface area contributed by atoms with Gasteiger partial charge in [-0.05, 0) is 43.9 Å². The zero-order valence-corrected chi connectivity index (χ0v) is 11.3. The molecule has 1 aromatic heterocycles. The van der Waals surface area contributed by atoms with E-state index >= 15 is 0 Å². The Morgan fingerprint density at radius 2 is 2.35 bits per heavy atom. The highest BCUT2D eigenvalue weighted by molar-refractivity contribution is 9.11. The summed E-state index contributed by atoms with van der Waals surface area (Å²) in [7, 11) is 0. The number of hydrogen-bond acceptors (Lipinski definition) is 3. The lowest BCUT2D eigenvalue weighted by atomic mass is 10.1. The van der Waals surface area contributed by atoms with Gasteiger partial charge in [0.1, 0.15) is 0 Å². The van der Waals surface area contributed by atoms with Gasteiger partial charge in [-0.3, -0.25) is 4.98 Å². The molecule has 0 saturated carbocycles. The van der Waals surface area contributed by atoms with Gasteiger partial charge in [0.2, 0.25) is 0 Å². The first-order chi connectivity index (χ1) is 8.22. The largest absolute Gasteiger partial charge is 0.462 e. The first kappa shape index (κ1) is 12.3. The van der Waals surface area contributed by atoms with Crippen molar-refractivity contribution < 1.29 is 9.53 Å². The lowest BCUT2D eigenvalue weighted by molar-refractivity contribution is 0.0526. The summed E-state index contributed by atoms with van der Waals surface area (Å²) < 4.78 is 6.18. The molecule has 0 saturated heterocycles. The fraction of sp³-hybridized carbons (Fsp3) is 0.385. The number of ether oxygens (including phenoxy) is 1. The molecule has 0 spiro atoms. The van der Waals surface area contributed by atoms with Gasteiger partial charge in [-0.25, -0.2) is 4.79 Å². The highest BCUT2D eigenvalue weighted by Gasteiger charge is 2.16. The second kappa shape index (κ2) is 5.45. The second-order valence-corrected chi connectivity index (χ2v) is 4.84. The van der Waals surface area contributed by atoms with Gasteiger partial charge in [0, 0.05) is 10.7 Å². The number of hydrogen-bond donors (Lipinski definition) is 0. The number of nitrogens with zero attached hydrogens (tertiary/aromatic N) is 1. The molecule has 1 aromatic rings. The van der Waals surface area contributed by atoms with Crippen molar-refractivity contribution in [2.75, 3.05) is 6.61 Å². The van der Waals surface area contributed by atoms with Crippen LogP contribution in [0.4, 0.5) is 0 Å². The average Bonchev–Trinajstić information content (AvgIpc) is 2.76. The molecule has 0 aromatic carbocycles. The topological polar surface area (TPSA) is 39.2 Å². The van der Waals surface area contributed by atoms with Crippen LogP contribution in [0.3, 0.4) is 0 Å². The maximum Gasteiger partial charge on any atom is 0.338 e. The summed E-state index contributed by atoms with van der Waals surface area (Å²) in [6.45, 7) is 2.19. The van der Waals surface area contributed by atoms with Crippen molar-refractivity contribution >= 4 is 27.5 Å². The van der Waals surface area contributed by atoms with E-state index in [-0.39, 0.29) is 5.97 Å². The van der Waals surface area contributed by atoms with Gasteiger partial charge in [-0.1, -0.05) is 15.9 Å². The van der Waals surface area contributed by atoms with E-state index in [1.54, 1.807) is 25.3 Å². The van der Waals surface area contributed by atoms with Crippen molar-refractivity contribution in [1.29, 1.82) is 0 Å². The van der Waals surface area contributed by atoms with Gasteiger partial charge in [0.25, 0.3) is 0 Å². The van der Waals surface area contributed by atoms with E-state index < -0.39 is 0 Å². The first-order valence-electron chi connectivity index (χ1n) is 5.73. The molecule has 0 atom stereocenters. The zero-order valence-electron chi connectivity index (χ0n) is 9.70. The summed E-state index contributed by atoms with van der Waals surface area (Å²) in [6.07, 6.45) is 4.87. The third-order valence-corrected chi connectivity index (χ3v) is 3.61. The van der Waals surface area contributed by atoms with Crippen LogP contribution >= 0.6 is 15.9 Å². The molecule has 0 fully saturated rings. The number of allylic oxidation sites excluding steroid dienone is 2. The summed E-state index contributed by atoms with van der Waals surface area (Å²) in [6, 6.07) is 3.49. The number of rotatable bonds is 3. The summed E-state index contributed by atoms with van der Waals surface area (Å²) in [5.41, 5.74) is 2.65. The monoisotopic (exact) mass is 295 g/mol. The summed E-state index contributed by atoms with van der Waals surface area (Å²) in [5, 5.41) is 0. The minimum absolute atomic E-state index is 0.286. The van der Waals surface area contributed by atoms with Crippen LogP contribution in [0.1, 0.15) is 42.2 Å². The number of pyridine rings is 1. The molecule has 3 nitrogen and oxygen atoms in total. The minimum Gasteiger partial charge on any atom is -0.462 e. The molecule has 1 aliphatic rings. The van der Waals surface area contributed by atoms with Crippen LogP contribution in [-0.4, -0.2) is 17.6 Å². The van der Waals surface area contributed by atoms with E-state index in [1.165, 1.54) is 10.1 Å². The molecular weight excluding hydrogens is 282 g/mol.